The molecule has 3 heterocycles. The number of piperidine rings is 1. The third kappa shape index (κ3) is 3.80. The van der Waals surface area contributed by atoms with Crippen molar-refractivity contribution in [1.29, 1.82) is 0 Å². The molecule has 2 unspecified atom stereocenters. The van der Waals surface area contributed by atoms with Crippen molar-refractivity contribution >= 4 is 10.9 Å². The zero-order valence-corrected chi connectivity index (χ0v) is 17.1. The maximum Gasteiger partial charge on any atom is 0.0705 e. The fourth-order valence-corrected chi connectivity index (χ4v) is 5.28. The standard InChI is InChI=1S/C25H30N4/c1-18-6-2-3-8-21(18)23-16-27-28-25(23)19-11-14-29(15-12-19)17-20-7-4-10-24-22(20)9-5-13-26-24/h2-10,13,19,23,25,27-28H,11-12,14-17H2,1H3. The van der Waals surface area contributed by atoms with E-state index in [4.69, 9.17) is 0 Å². The van der Waals surface area contributed by atoms with Crippen LogP contribution in [0.25, 0.3) is 10.9 Å². The zero-order valence-electron chi connectivity index (χ0n) is 17.1. The topological polar surface area (TPSA) is 40.2 Å². The van der Waals surface area contributed by atoms with Crippen molar-refractivity contribution in [3.05, 3.63) is 77.5 Å². The Morgan fingerprint density at radius 1 is 1.00 bits per heavy atom. The summed E-state index contributed by atoms with van der Waals surface area (Å²) in [6.07, 6.45) is 4.39. The Labute approximate surface area is 173 Å². The fraction of sp³-hybridized carbons (Fsp3) is 0.400. The number of fused-ring (bicyclic) bond motifs is 1. The van der Waals surface area contributed by atoms with Gasteiger partial charge in [-0.2, -0.15) is 0 Å². The number of nitrogens with zero attached hydrogens (tertiary/aromatic N) is 2. The predicted octanol–water partition coefficient (Wildman–Crippen LogP) is 4.02. The molecule has 150 valence electrons. The van der Waals surface area contributed by atoms with Gasteiger partial charge in [-0.1, -0.05) is 42.5 Å². The molecule has 2 aromatic carbocycles. The second kappa shape index (κ2) is 8.23. The lowest BCUT2D eigenvalue weighted by molar-refractivity contribution is 0.152. The van der Waals surface area contributed by atoms with Crippen LogP contribution < -0.4 is 10.9 Å². The SMILES string of the molecule is Cc1ccccc1C1CNNC1C1CCN(Cc2cccc3ncccc23)CC1. The highest BCUT2D eigenvalue weighted by Gasteiger charge is 2.36. The van der Waals surface area contributed by atoms with Gasteiger partial charge >= 0.3 is 0 Å². The van der Waals surface area contributed by atoms with Gasteiger partial charge in [-0.15, -0.1) is 0 Å². The molecule has 3 aromatic rings. The molecule has 2 atom stereocenters. The summed E-state index contributed by atoms with van der Waals surface area (Å²) in [5.74, 6) is 1.29. The van der Waals surface area contributed by atoms with E-state index < -0.39 is 0 Å². The molecule has 29 heavy (non-hydrogen) atoms. The van der Waals surface area contributed by atoms with E-state index in [9.17, 15) is 0 Å². The number of rotatable bonds is 4. The molecule has 1 aromatic heterocycles. The van der Waals surface area contributed by atoms with Gasteiger partial charge in [0.25, 0.3) is 0 Å². The average Bonchev–Trinajstić information content (AvgIpc) is 3.24. The van der Waals surface area contributed by atoms with Gasteiger partial charge in [0.1, 0.15) is 0 Å². The predicted molar refractivity (Wildman–Crippen MR) is 119 cm³/mol. The number of likely N-dealkylation sites (tertiary alicyclic amines) is 1. The highest BCUT2D eigenvalue weighted by molar-refractivity contribution is 5.81. The lowest BCUT2D eigenvalue weighted by Gasteiger charge is -2.37. The molecule has 0 spiro atoms. The molecule has 2 aliphatic heterocycles. The largest absolute Gasteiger partial charge is 0.299 e. The van der Waals surface area contributed by atoms with Crippen LogP contribution in [0.3, 0.4) is 0 Å². The smallest absolute Gasteiger partial charge is 0.0705 e. The molecule has 0 radical (unpaired) electrons. The molecule has 2 N–H and O–H groups in total. The number of hydrogen-bond acceptors (Lipinski definition) is 4. The number of benzene rings is 2. The summed E-state index contributed by atoms with van der Waals surface area (Å²) in [5, 5.41) is 1.29. The maximum atomic E-state index is 4.51. The minimum Gasteiger partial charge on any atom is -0.299 e. The van der Waals surface area contributed by atoms with Gasteiger partial charge in [-0.3, -0.25) is 20.7 Å². The Morgan fingerprint density at radius 2 is 1.86 bits per heavy atom. The Balaban J connectivity index is 1.25. The number of aryl methyl sites for hydroxylation is 1. The summed E-state index contributed by atoms with van der Waals surface area (Å²) in [6.45, 7) is 6.62. The first kappa shape index (κ1) is 18.7. The number of hydrazine groups is 1. The van der Waals surface area contributed by atoms with Crippen LogP contribution >= 0.6 is 0 Å². The van der Waals surface area contributed by atoms with Gasteiger partial charge in [-0.05, 0) is 67.6 Å². The third-order valence-corrected chi connectivity index (χ3v) is 6.88. The summed E-state index contributed by atoms with van der Waals surface area (Å²) in [4.78, 5) is 7.12. The van der Waals surface area contributed by atoms with E-state index in [0.29, 0.717) is 12.0 Å². The number of hydrogen-bond donors (Lipinski definition) is 2. The first-order valence-electron chi connectivity index (χ1n) is 10.9. The molecule has 2 aliphatic rings. The minimum atomic E-state index is 0.528. The molecule has 0 bridgehead atoms. The van der Waals surface area contributed by atoms with Crippen molar-refractivity contribution in [2.45, 2.75) is 38.3 Å². The lowest BCUT2D eigenvalue weighted by Crippen LogP contribution is -2.44. The third-order valence-electron chi connectivity index (χ3n) is 6.88. The average molecular weight is 387 g/mol. The van der Waals surface area contributed by atoms with Gasteiger partial charge in [-0.25, -0.2) is 0 Å². The second-order valence-electron chi connectivity index (χ2n) is 8.61. The Kier molecular flexibility index (Phi) is 5.32. The Hall–Kier alpha value is -2.27. The fourth-order valence-electron chi connectivity index (χ4n) is 5.28. The monoisotopic (exact) mass is 386 g/mol. The van der Waals surface area contributed by atoms with Crippen LogP contribution in [0, 0.1) is 12.8 Å². The van der Waals surface area contributed by atoms with Gasteiger partial charge in [0.2, 0.25) is 0 Å². The first-order valence-corrected chi connectivity index (χ1v) is 10.9. The van der Waals surface area contributed by atoms with Crippen LogP contribution in [0.2, 0.25) is 0 Å². The van der Waals surface area contributed by atoms with Crippen molar-refractivity contribution in [2.75, 3.05) is 19.6 Å². The van der Waals surface area contributed by atoms with Crippen molar-refractivity contribution in [3.8, 4) is 0 Å². The van der Waals surface area contributed by atoms with Crippen LogP contribution in [0.15, 0.2) is 60.8 Å². The molecule has 5 rings (SSSR count). The number of pyridine rings is 1. The van der Waals surface area contributed by atoms with Crippen LogP contribution in [-0.4, -0.2) is 35.6 Å². The van der Waals surface area contributed by atoms with Crippen molar-refractivity contribution in [2.24, 2.45) is 5.92 Å². The maximum absolute atomic E-state index is 4.51. The summed E-state index contributed by atoms with van der Waals surface area (Å²) in [7, 11) is 0. The van der Waals surface area contributed by atoms with Crippen molar-refractivity contribution in [3.63, 3.8) is 0 Å². The van der Waals surface area contributed by atoms with Gasteiger partial charge in [0, 0.05) is 36.6 Å². The Morgan fingerprint density at radius 3 is 2.72 bits per heavy atom. The zero-order chi connectivity index (χ0) is 19.6. The van der Waals surface area contributed by atoms with Crippen molar-refractivity contribution < 1.29 is 0 Å². The Bertz CT molecular complexity index is 972. The van der Waals surface area contributed by atoms with Crippen molar-refractivity contribution in [1.82, 2.24) is 20.7 Å². The van der Waals surface area contributed by atoms with Crippen LogP contribution in [0.1, 0.15) is 35.4 Å². The van der Waals surface area contributed by atoms with E-state index in [-0.39, 0.29) is 0 Å². The van der Waals surface area contributed by atoms with Gasteiger partial charge in [0.15, 0.2) is 0 Å². The minimum absolute atomic E-state index is 0.528. The molecular weight excluding hydrogens is 356 g/mol. The summed E-state index contributed by atoms with van der Waals surface area (Å²) in [5.41, 5.74) is 12.5. The van der Waals surface area contributed by atoms with E-state index in [0.717, 1.165) is 24.5 Å². The highest BCUT2D eigenvalue weighted by atomic mass is 15.4. The molecule has 4 nitrogen and oxygen atoms in total. The summed E-state index contributed by atoms with van der Waals surface area (Å²) < 4.78 is 0. The molecular formula is C25H30N4. The number of nitrogens with one attached hydrogen (secondary N) is 2. The van der Waals surface area contributed by atoms with Gasteiger partial charge < -0.3 is 0 Å². The molecule has 0 amide bonds. The molecule has 2 fully saturated rings. The van der Waals surface area contributed by atoms with E-state index in [1.54, 1.807) is 0 Å². The quantitative estimate of drug-likeness (QED) is 0.711. The molecule has 2 saturated heterocycles. The van der Waals surface area contributed by atoms with E-state index >= 15 is 0 Å². The summed E-state index contributed by atoms with van der Waals surface area (Å²) in [6, 6.07) is 20.1. The van der Waals surface area contributed by atoms with Crippen LogP contribution in [-0.2, 0) is 6.54 Å². The summed E-state index contributed by atoms with van der Waals surface area (Å²) >= 11 is 0. The van der Waals surface area contributed by atoms with E-state index in [1.807, 2.05) is 12.3 Å². The normalized spacial score (nSPS) is 23.6. The highest BCUT2D eigenvalue weighted by Crippen LogP contribution is 2.34. The van der Waals surface area contributed by atoms with Crippen LogP contribution in [0.5, 0.6) is 0 Å². The molecule has 0 saturated carbocycles. The van der Waals surface area contributed by atoms with Crippen LogP contribution in [0.4, 0.5) is 0 Å². The second-order valence-corrected chi connectivity index (χ2v) is 8.61. The van der Waals surface area contributed by atoms with Gasteiger partial charge in [0.05, 0.1) is 5.52 Å². The van der Waals surface area contributed by atoms with E-state index in [2.05, 4.69) is 76.2 Å². The first-order chi connectivity index (χ1) is 14.3. The molecule has 0 aliphatic carbocycles. The lowest BCUT2D eigenvalue weighted by atomic mass is 9.79. The number of aromatic nitrogens is 1. The van der Waals surface area contributed by atoms with E-state index in [1.165, 1.54) is 48.0 Å². The molecule has 4 heteroatoms.